The van der Waals surface area contributed by atoms with Gasteiger partial charge in [-0.25, -0.2) is 4.98 Å². The van der Waals surface area contributed by atoms with Gasteiger partial charge in [-0.3, -0.25) is 14.5 Å². The minimum atomic E-state index is 0.534. The zero-order valence-corrected chi connectivity index (χ0v) is 31.0. The van der Waals surface area contributed by atoms with Crippen molar-refractivity contribution in [2.75, 3.05) is 0 Å². The molecule has 6 aromatic carbocycles. The lowest BCUT2D eigenvalue weighted by Crippen LogP contribution is -2.06. The maximum atomic E-state index is 5.32. The van der Waals surface area contributed by atoms with E-state index in [-0.39, 0.29) is 0 Å². The minimum absolute atomic E-state index is 0.534. The summed E-state index contributed by atoms with van der Waals surface area (Å²) in [4.78, 5) is 25.1. The number of hydrogen-bond donors (Lipinski definition) is 0. The third-order valence-electron chi connectivity index (χ3n) is 11.2. The molecule has 0 fully saturated rings. The van der Waals surface area contributed by atoms with Gasteiger partial charge in [0.15, 0.2) is 11.6 Å². The molecule has 0 N–H and O–H groups in total. The summed E-state index contributed by atoms with van der Waals surface area (Å²) in [6, 6.07) is 61.3. The highest BCUT2D eigenvalue weighted by molar-refractivity contribution is 6.21. The molecule has 0 aliphatic carbocycles. The summed E-state index contributed by atoms with van der Waals surface area (Å²) in [6.45, 7) is 0. The molecule has 12 aromatic rings. The van der Waals surface area contributed by atoms with Gasteiger partial charge in [0.05, 0.1) is 39.0 Å². The molecule has 6 heterocycles. The van der Waals surface area contributed by atoms with Gasteiger partial charge in [-0.2, -0.15) is 9.97 Å². The van der Waals surface area contributed by atoms with Crippen LogP contribution in [0.15, 0.2) is 188 Å². The molecular weight excluding hydrogens is 711 g/mol. The van der Waals surface area contributed by atoms with Gasteiger partial charge in [-0.1, -0.05) is 109 Å². The summed E-state index contributed by atoms with van der Waals surface area (Å²) in [7, 11) is 0. The van der Waals surface area contributed by atoms with Crippen LogP contribution in [0.4, 0.5) is 0 Å². The SMILES string of the molecule is c1ccc(-c2cccc(-c3nc(-c4cccc(-c5ccccn5)c4)nc(-n4c5ccccc5c5cc6c7ccccc7c7cc8ccccc8n7c6cc54)n3)c2)nc1. The van der Waals surface area contributed by atoms with Crippen LogP contribution in [-0.2, 0) is 0 Å². The van der Waals surface area contributed by atoms with E-state index in [4.69, 9.17) is 15.0 Å². The van der Waals surface area contributed by atoms with Gasteiger partial charge in [0.25, 0.3) is 0 Å². The fourth-order valence-electron chi connectivity index (χ4n) is 8.60. The molecule has 0 bridgehead atoms. The molecule has 0 spiro atoms. The van der Waals surface area contributed by atoms with E-state index in [0.717, 1.165) is 61.0 Å². The summed E-state index contributed by atoms with van der Waals surface area (Å²) >= 11 is 0. The summed E-state index contributed by atoms with van der Waals surface area (Å²) < 4.78 is 4.61. The zero-order valence-electron chi connectivity index (χ0n) is 31.0. The first-order valence-electron chi connectivity index (χ1n) is 19.3. The topological polar surface area (TPSA) is 73.8 Å². The Morgan fingerprint density at radius 2 is 0.862 bits per heavy atom. The van der Waals surface area contributed by atoms with E-state index in [0.29, 0.717) is 17.6 Å². The van der Waals surface area contributed by atoms with Crippen molar-refractivity contribution in [2.45, 2.75) is 0 Å². The lowest BCUT2D eigenvalue weighted by Gasteiger charge is -2.13. The Morgan fingerprint density at radius 3 is 1.52 bits per heavy atom. The van der Waals surface area contributed by atoms with Crippen LogP contribution in [0.3, 0.4) is 0 Å². The molecule has 0 amide bonds. The van der Waals surface area contributed by atoms with Crippen LogP contribution in [0, 0.1) is 0 Å². The quantitative estimate of drug-likeness (QED) is 0.164. The molecule has 0 atom stereocenters. The van der Waals surface area contributed by atoms with E-state index in [2.05, 4.69) is 146 Å². The third-order valence-corrected chi connectivity index (χ3v) is 11.2. The van der Waals surface area contributed by atoms with Crippen molar-refractivity contribution in [1.82, 2.24) is 33.9 Å². The normalized spacial score (nSPS) is 11.8. The molecule has 58 heavy (non-hydrogen) atoms. The molecule has 0 aliphatic rings. The fraction of sp³-hybridized carbons (Fsp3) is 0. The van der Waals surface area contributed by atoms with Crippen LogP contribution >= 0.6 is 0 Å². The first-order chi connectivity index (χ1) is 28.7. The first kappa shape index (κ1) is 32.2. The predicted octanol–water partition coefficient (Wildman–Crippen LogP) is 12.1. The van der Waals surface area contributed by atoms with Crippen LogP contribution in [0.1, 0.15) is 0 Å². The highest BCUT2D eigenvalue weighted by Crippen LogP contribution is 2.40. The van der Waals surface area contributed by atoms with Crippen molar-refractivity contribution in [3.05, 3.63) is 188 Å². The Hall–Kier alpha value is -8.03. The van der Waals surface area contributed by atoms with E-state index in [1.54, 1.807) is 0 Å². The number of fused-ring (bicyclic) bond motifs is 11. The Kier molecular flexibility index (Phi) is 7.09. The summed E-state index contributed by atoms with van der Waals surface area (Å²) in [6.07, 6.45) is 3.63. The van der Waals surface area contributed by atoms with Crippen LogP contribution in [-0.4, -0.2) is 33.9 Å². The standard InChI is InChI=1S/C51H31N7/c1-5-23-44-34(13-1)29-46-38-19-3-2-18-37(38)40-30-41-39-20-4-6-24-45(39)58(48(41)31-47(40)57(44)46)51-55-49(35-16-11-14-32(27-35)42-21-7-9-25-52-42)54-50(56-51)36-17-12-15-33(28-36)43-22-8-10-26-53-43/h1-31H. The highest BCUT2D eigenvalue weighted by atomic mass is 15.2. The lowest BCUT2D eigenvalue weighted by molar-refractivity contribution is 0.953. The van der Waals surface area contributed by atoms with Gasteiger partial charge in [-0.05, 0) is 72.1 Å². The average molecular weight is 742 g/mol. The van der Waals surface area contributed by atoms with E-state index in [9.17, 15) is 0 Å². The van der Waals surface area contributed by atoms with E-state index in [1.165, 1.54) is 32.6 Å². The number of benzene rings is 6. The number of hydrogen-bond acceptors (Lipinski definition) is 5. The van der Waals surface area contributed by atoms with Gasteiger partial charge >= 0.3 is 0 Å². The monoisotopic (exact) mass is 741 g/mol. The van der Waals surface area contributed by atoms with Crippen LogP contribution in [0.25, 0.3) is 111 Å². The molecule has 0 aliphatic heterocycles. The number of pyridine rings is 3. The molecular formula is C51H31N7. The third kappa shape index (κ3) is 5.04. The average Bonchev–Trinajstić information content (AvgIpc) is 3.85. The van der Waals surface area contributed by atoms with Crippen molar-refractivity contribution in [2.24, 2.45) is 0 Å². The van der Waals surface area contributed by atoms with Gasteiger partial charge in [0.2, 0.25) is 5.95 Å². The Bertz CT molecular complexity index is 3470. The van der Waals surface area contributed by atoms with Crippen molar-refractivity contribution in [3.63, 3.8) is 0 Å². The molecule has 0 saturated carbocycles. The number of para-hydroxylation sites is 2. The lowest BCUT2D eigenvalue weighted by atomic mass is 10.0. The molecule has 6 aromatic heterocycles. The van der Waals surface area contributed by atoms with E-state index < -0.39 is 0 Å². The molecule has 0 radical (unpaired) electrons. The first-order valence-corrected chi connectivity index (χ1v) is 19.3. The second-order valence-corrected chi connectivity index (χ2v) is 14.6. The number of nitrogens with zero attached hydrogens (tertiary/aromatic N) is 7. The van der Waals surface area contributed by atoms with Gasteiger partial charge < -0.3 is 4.40 Å². The maximum Gasteiger partial charge on any atom is 0.238 e. The second kappa shape index (κ2) is 12.8. The smallest absolute Gasteiger partial charge is 0.238 e. The van der Waals surface area contributed by atoms with E-state index >= 15 is 0 Å². The minimum Gasteiger partial charge on any atom is -0.309 e. The highest BCUT2D eigenvalue weighted by Gasteiger charge is 2.21. The van der Waals surface area contributed by atoms with Crippen LogP contribution in [0.2, 0.25) is 0 Å². The Labute approximate surface area is 332 Å². The van der Waals surface area contributed by atoms with Crippen molar-refractivity contribution in [1.29, 1.82) is 0 Å². The van der Waals surface area contributed by atoms with Crippen molar-refractivity contribution >= 4 is 59.9 Å². The second-order valence-electron chi connectivity index (χ2n) is 14.6. The molecule has 0 unspecified atom stereocenters. The van der Waals surface area contributed by atoms with E-state index in [1.807, 2.05) is 60.9 Å². The molecule has 270 valence electrons. The zero-order chi connectivity index (χ0) is 38.2. The molecule has 12 rings (SSSR count). The molecule has 7 heteroatoms. The Morgan fingerprint density at radius 1 is 0.328 bits per heavy atom. The summed E-state index contributed by atoms with van der Waals surface area (Å²) in [5.41, 5.74) is 11.0. The summed E-state index contributed by atoms with van der Waals surface area (Å²) in [5.74, 6) is 1.67. The van der Waals surface area contributed by atoms with Gasteiger partial charge in [0, 0.05) is 61.6 Å². The number of aromatic nitrogens is 7. The van der Waals surface area contributed by atoms with Crippen LogP contribution < -0.4 is 0 Å². The largest absolute Gasteiger partial charge is 0.309 e. The fourth-order valence-corrected chi connectivity index (χ4v) is 8.60. The summed E-state index contributed by atoms with van der Waals surface area (Å²) in [5, 5.41) is 7.09. The van der Waals surface area contributed by atoms with Crippen molar-refractivity contribution < 1.29 is 0 Å². The van der Waals surface area contributed by atoms with Gasteiger partial charge in [-0.15, -0.1) is 0 Å². The molecule has 7 nitrogen and oxygen atoms in total. The van der Waals surface area contributed by atoms with Crippen LogP contribution in [0.5, 0.6) is 0 Å². The Balaban J connectivity index is 1.17. The maximum absolute atomic E-state index is 5.32. The van der Waals surface area contributed by atoms with Crippen molar-refractivity contribution in [3.8, 4) is 51.2 Å². The predicted molar refractivity (Wildman–Crippen MR) is 235 cm³/mol. The molecule has 0 saturated heterocycles. The van der Waals surface area contributed by atoms with Gasteiger partial charge in [0.1, 0.15) is 0 Å². The number of rotatable bonds is 5.